The van der Waals surface area contributed by atoms with Crippen LogP contribution in [0.4, 0.5) is 4.79 Å². The molecule has 2 aliphatic rings. The summed E-state index contributed by atoms with van der Waals surface area (Å²) in [6, 6.07) is 8.92. The van der Waals surface area contributed by atoms with Gasteiger partial charge < -0.3 is 4.74 Å². The smallest absolute Gasteiger partial charge is 0.410 e. The molecule has 0 unspecified atom stereocenters. The van der Waals surface area contributed by atoms with Crippen LogP contribution in [-0.4, -0.2) is 23.6 Å². The number of hydrogen-bond acceptors (Lipinski definition) is 2. The van der Waals surface area contributed by atoms with E-state index >= 15 is 0 Å². The Labute approximate surface area is 101 Å². The molecule has 90 valence electrons. The minimum absolute atomic E-state index is 0.136. The molecule has 0 N–H and O–H groups in total. The van der Waals surface area contributed by atoms with Crippen molar-refractivity contribution in [2.75, 3.05) is 6.61 Å². The largest absolute Gasteiger partial charge is 0.447 e. The van der Waals surface area contributed by atoms with E-state index in [4.69, 9.17) is 4.74 Å². The Bertz CT molecular complexity index is 444. The van der Waals surface area contributed by atoms with Gasteiger partial charge in [0.1, 0.15) is 6.61 Å². The molecule has 2 aliphatic heterocycles. The summed E-state index contributed by atoms with van der Waals surface area (Å²) in [5.74, 6) is 0. The lowest BCUT2D eigenvalue weighted by Crippen LogP contribution is -2.42. The van der Waals surface area contributed by atoms with Crippen LogP contribution in [0.2, 0.25) is 0 Å². The van der Waals surface area contributed by atoms with Crippen molar-refractivity contribution in [2.24, 2.45) is 0 Å². The van der Waals surface area contributed by atoms with E-state index in [0.717, 1.165) is 19.3 Å². The van der Waals surface area contributed by atoms with E-state index < -0.39 is 0 Å². The SMILES string of the molecule is CCC[C@@H]1c2ccccc2C[C@H]2COC(=O)N21. The van der Waals surface area contributed by atoms with E-state index in [9.17, 15) is 4.79 Å². The first-order valence-corrected chi connectivity index (χ1v) is 6.34. The van der Waals surface area contributed by atoms with Crippen molar-refractivity contribution in [3.63, 3.8) is 0 Å². The molecular weight excluding hydrogens is 214 g/mol. The zero-order chi connectivity index (χ0) is 11.8. The van der Waals surface area contributed by atoms with Gasteiger partial charge in [-0.05, 0) is 24.0 Å². The summed E-state index contributed by atoms with van der Waals surface area (Å²) in [5.41, 5.74) is 2.69. The summed E-state index contributed by atoms with van der Waals surface area (Å²) in [6.45, 7) is 2.71. The zero-order valence-electron chi connectivity index (χ0n) is 10.1. The highest BCUT2D eigenvalue weighted by Crippen LogP contribution is 2.38. The third-order valence-electron chi connectivity index (χ3n) is 3.77. The second kappa shape index (κ2) is 4.06. The number of hydrogen-bond donors (Lipinski definition) is 0. The Kier molecular flexibility index (Phi) is 2.54. The number of amides is 1. The molecule has 3 rings (SSSR count). The van der Waals surface area contributed by atoms with Gasteiger partial charge in [-0.1, -0.05) is 37.6 Å². The molecule has 1 aromatic carbocycles. The number of ether oxygens (including phenoxy) is 1. The molecule has 0 saturated carbocycles. The van der Waals surface area contributed by atoms with Crippen LogP contribution in [0, 0.1) is 0 Å². The summed E-state index contributed by atoms with van der Waals surface area (Å²) in [4.78, 5) is 13.8. The summed E-state index contributed by atoms with van der Waals surface area (Å²) in [6.07, 6.45) is 2.89. The lowest BCUT2D eigenvalue weighted by atomic mass is 9.87. The fraction of sp³-hybridized carbons (Fsp3) is 0.500. The maximum atomic E-state index is 11.8. The maximum Gasteiger partial charge on any atom is 0.410 e. The van der Waals surface area contributed by atoms with Gasteiger partial charge in [0.15, 0.2) is 0 Å². The topological polar surface area (TPSA) is 29.5 Å². The molecule has 17 heavy (non-hydrogen) atoms. The molecule has 0 aliphatic carbocycles. The molecule has 3 heteroatoms. The van der Waals surface area contributed by atoms with E-state index in [1.54, 1.807) is 0 Å². The first-order valence-electron chi connectivity index (χ1n) is 6.34. The van der Waals surface area contributed by atoms with Crippen LogP contribution in [0.3, 0.4) is 0 Å². The number of carbonyl (C=O) groups is 1. The van der Waals surface area contributed by atoms with E-state index in [0.29, 0.717) is 6.61 Å². The van der Waals surface area contributed by atoms with Crippen LogP contribution >= 0.6 is 0 Å². The first-order chi connectivity index (χ1) is 8.31. The van der Waals surface area contributed by atoms with Gasteiger partial charge in [-0.25, -0.2) is 4.79 Å². The van der Waals surface area contributed by atoms with Crippen molar-refractivity contribution in [1.29, 1.82) is 0 Å². The lowest BCUT2D eigenvalue weighted by Gasteiger charge is -2.37. The Balaban J connectivity index is 2.03. The van der Waals surface area contributed by atoms with Crippen molar-refractivity contribution in [2.45, 2.75) is 38.3 Å². The van der Waals surface area contributed by atoms with E-state index in [1.807, 2.05) is 4.90 Å². The minimum atomic E-state index is -0.136. The molecule has 0 bridgehead atoms. The highest BCUT2D eigenvalue weighted by atomic mass is 16.6. The summed E-state index contributed by atoms with van der Waals surface area (Å²) in [7, 11) is 0. The molecule has 1 fully saturated rings. The van der Waals surface area contributed by atoms with Gasteiger partial charge >= 0.3 is 6.09 Å². The molecule has 1 amide bonds. The number of benzene rings is 1. The molecule has 1 aromatic rings. The van der Waals surface area contributed by atoms with E-state index in [2.05, 4.69) is 31.2 Å². The number of fused-ring (bicyclic) bond motifs is 2. The molecular formula is C14H17NO2. The van der Waals surface area contributed by atoms with Crippen molar-refractivity contribution in [3.05, 3.63) is 35.4 Å². The summed E-state index contributed by atoms with van der Waals surface area (Å²) < 4.78 is 5.19. The van der Waals surface area contributed by atoms with Gasteiger partial charge in [-0.2, -0.15) is 0 Å². The second-order valence-electron chi connectivity index (χ2n) is 4.85. The molecule has 0 radical (unpaired) electrons. The predicted octanol–water partition coefficient (Wildman–Crippen LogP) is 2.90. The maximum absolute atomic E-state index is 11.8. The molecule has 2 atom stereocenters. The summed E-state index contributed by atoms with van der Waals surface area (Å²) in [5, 5.41) is 0. The molecule has 3 nitrogen and oxygen atoms in total. The number of cyclic esters (lactones) is 1. The van der Waals surface area contributed by atoms with Gasteiger partial charge in [0.25, 0.3) is 0 Å². The van der Waals surface area contributed by atoms with Crippen LogP contribution in [-0.2, 0) is 11.2 Å². The van der Waals surface area contributed by atoms with Gasteiger partial charge in [0.2, 0.25) is 0 Å². The van der Waals surface area contributed by atoms with E-state index in [-0.39, 0.29) is 18.2 Å². The van der Waals surface area contributed by atoms with Crippen LogP contribution in [0.25, 0.3) is 0 Å². The van der Waals surface area contributed by atoms with Crippen molar-refractivity contribution >= 4 is 6.09 Å². The minimum Gasteiger partial charge on any atom is -0.447 e. The van der Waals surface area contributed by atoms with Crippen LogP contribution < -0.4 is 0 Å². The number of carbonyl (C=O) groups excluding carboxylic acids is 1. The Morgan fingerprint density at radius 1 is 1.41 bits per heavy atom. The predicted molar refractivity (Wildman–Crippen MR) is 64.8 cm³/mol. The van der Waals surface area contributed by atoms with Gasteiger partial charge in [0.05, 0.1) is 12.1 Å². The normalized spacial score (nSPS) is 26.4. The molecule has 0 spiro atoms. The lowest BCUT2D eigenvalue weighted by molar-refractivity contribution is 0.137. The molecule has 2 heterocycles. The summed E-state index contributed by atoms with van der Waals surface area (Å²) >= 11 is 0. The monoisotopic (exact) mass is 231 g/mol. The Hall–Kier alpha value is -1.51. The van der Waals surface area contributed by atoms with Crippen molar-refractivity contribution < 1.29 is 9.53 Å². The molecule has 1 saturated heterocycles. The third-order valence-corrected chi connectivity index (χ3v) is 3.77. The highest BCUT2D eigenvalue weighted by Gasteiger charge is 2.42. The van der Waals surface area contributed by atoms with Crippen LogP contribution in [0.1, 0.15) is 36.9 Å². The standard InChI is InChI=1S/C14H17NO2/c1-2-5-13-12-7-4-3-6-10(12)8-11-9-17-14(16)15(11)13/h3-4,6-7,11,13H,2,5,8-9H2,1H3/t11-,13+/m0/s1. The zero-order valence-corrected chi connectivity index (χ0v) is 10.1. The average molecular weight is 231 g/mol. The highest BCUT2D eigenvalue weighted by molar-refractivity contribution is 5.71. The third kappa shape index (κ3) is 1.61. The van der Waals surface area contributed by atoms with Gasteiger partial charge in [0, 0.05) is 0 Å². The first kappa shape index (κ1) is 10.6. The van der Waals surface area contributed by atoms with Crippen LogP contribution in [0.5, 0.6) is 0 Å². The fourth-order valence-corrected chi connectivity index (χ4v) is 3.03. The Morgan fingerprint density at radius 2 is 2.24 bits per heavy atom. The van der Waals surface area contributed by atoms with Gasteiger partial charge in [-0.15, -0.1) is 0 Å². The average Bonchev–Trinajstić information content (AvgIpc) is 2.71. The van der Waals surface area contributed by atoms with Crippen molar-refractivity contribution in [1.82, 2.24) is 4.90 Å². The fourth-order valence-electron chi connectivity index (χ4n) is 3.03. The molecule has 0 aromatic heterocycles. The number of rotatable bonds is 2. The van der Waals surface area contributed by atoms with E-state index in [1.165, 1.54) is 11.1 Å². The van der Waals surface area contributed by atoms with Crippen molar-refractivity contribution in [3.8, 4) is 0 Å². The number of nitrogens with zero attached hydrogens (tertiary/aromatic N) is 1. The van der Waals surface area contributed by atoms with Crippen LogP contribution in [0.15, 0.2) is 24.3 Å². The second-order valence-corrected chi connectivity index (χ2v) is 4.85. The Morgan fingerprint density at radius 3 is 3.06 bits per heavy atom. The van der Waals surface area contributed by atoms with Gasteiger partial charge in [-0.3, -0.25) is 4.90 Å². The quantitative estimate of drug-likeness (QED) is 0.783.